The highest BCUT2D eigenvalue weighted by atomic mass is 19.4. The Kier molecular flexibility index (Phi) is 3.85. The average molecular weight is 295 g/mol. The number of halogens is 4. The molecule has 0 aliphatic rings. The summed E-state index contributed by atoms with van der Waals surface area (Å²) in [6.45, 7) is 1.53. The van der Waals surface area contributed by atoms with Crippen molar-refractivity contribution in [2.45, 2.75) is 13.3 Å². The Balaban J connectivity index is 2.40. The van der Waals surface area contributed by atoms with Gasteiger partial charge < -0.3 is 4.74 Å². The fraction of sp³-hybridized carbons (Fsp3) is 0.133. The van der Waals surface area contributed by atoms with Gasteiger partial charge in [-0.1, -0.05) is 12.1 Å². The molecule has 0 aromatic heterocycles. The van der Waals surface area contributed by atoms with E-state index in [0.29, 0.717) is 16.7 Å². The van der Waals surface area contributed by atoms with Crippen molar-refractivity contribution in [1.29, 1.82) is 5.26 Å². The monoisotopic (exact) mass is 295 g/mol. The molecule has 0 atom stereocenters. The molecule has 2 nitrogen and oxygen atoms in total. The number of alkyl halides is 3. The van der Waals surface area contributed by atoms with Gasteiger partial charge in [0.15, 0.2) is 0 Å². The summed E-state index contributed by atoms with van der Waals surface area (Å²) in [6, 6.07) is 9.42. The van der Waals surface area contributed by atoms with Crippen LogP contribution in [0.3, 0.4) is 0 Å². The van der Waals surface area contributed by atoms with E-state index in [2.05, 4.69) is 4.74 Å². The lowest BCUT2D eigenvalue weighted by Gasteiger charge is -2.10. The molecule has 0 heterocycles. The van der Waals surface area contributed by atoms with Crippen molar-refractivity contribution in [3.05, 3.63) is 53.3 Å². The van der Waals surface area contributed by atoms with Gasteiger partial charge in [-0.05, 0) is 42.3 Å². The smallest absolute Gasteiger partial charge is 0.406 e. The van der Waals surface area contributed by atoms with Gasteiger partial charge in [0.05, 0.1) is 11.6 Å². The van der Waals surface area contributed by atoms with Crippen LogP contribution in [-0.2, 0) is 0 Å². The molecule has 2 aromatic carbocycles. The van der Waals surface area contributed by atoms with Crippen molar-refractivity contribution in [3.8, 4) is 22.9 Å². The molecule has 2 aromatic rings. The van der Waals surface area contributed by atoms with E-state index in [1.165, 1.54) is 31.2 Å². The fourth-order valence-electron chi connectivity index (χ4n) is 1.85. The molecule has 0 spiro atoms. The van der Waals surface area contributed by atoms with Crippen LogP contribution in [0.25, 0.3) is 11.1 Å². The molecule has 0 saturated carbocycles. The number of hydrogen-bond donors (Lipinski definition) is 0. The maximum atomic E-state index is 13.6. The van der Waals surface area contributed by atoms with Gasteiger partial charge in [-0.15, -0.1) is 13.2 Å². The summed E-state index contributed by atoms with van der Waals surface area (Å²) in [5.41, 5.74) is 1.32. The number of ether oxygens (including phenoxy) is 1. The van der Waals surface area contributed by atoms with E-state index in [9.17, 15) is 17.6 Å². The van der Waals surface area contributed by atoms with E-state index in [1.54, 1.807) is 0 Å². The Morgan fingerprint density at radius 2 is 1.71 bits per heavy atom. The maximum Gasteiger partial charge on any atom is 0.573 e. The molecule has 0 unspecified atom stereocenters. The van der Waals surface area contributed by atoms with Crippen molar-refractivity contribution < 1.29 is 22.3 Å². The van der Waals surface area contributed by atoms with Gasteiger partial charge in [0, 0.05) is 5.56 Å². The van der Waals surface area contributed by atoms with E-state index in [4.69, 9.17) is 5.26 Å². The second-order valence-corrected chi connectivity index (χ2v) is 4.33. The predicted octanol–water partition coefficient (Wildman–Crippen LogP) is 4.57. The van der Waals surface area contributed by atoms with Crippen LogP contribution in [0.5, 0.6) is 5.75 Å². The van der Waals surface area contributed by atoms with Crippen LogP contribution >= 0.6 is 0 Å². The standard InChI is InChI=1S/C15H9F4NO/c1-9-6-11(8-20)13(7-14(9)16)10-2-4-12(5-3-10)21-15(17,18)19/h2-7H,1H3. The first-order chi connectivity index (χ1) is 9.80. The third-order valence-electron chi connectivity index (χ3n) is 2.82. The summed E-state index contributed by atoms with van der Waals surface area (Å²) >= 11 is 0. The zero-order valence-corrected chi connectivity index (χ0v) is 10.8. The van der Waals surface area contributed by atoms with Gasteiger partial charge in [0.25, 0.3) is 0 Å². The molecule has 2 rings (SSSR count). The zero-order chi connectivity index (χ0) is 15.6. The molecule has 0 amide bonds. The second kappa shape index (κ2) is 5.44. The molecule has 21 heavy (non-hydrogen) atoms. The number of nitriles is 1. The molecule has 6 heteroatoms. The van der Waals surface area contributed by atoms with Crippen molar-refractivity contribution >= 4 is 0 Å². The van der Waals surface area contributed by atoms with E-state index in [-0.39, 0.29) is 11.3 Å². The van der Waals surface area contributed by atoms with Gasteiger partial charge >= 0.3 is 6.36 Å². The number of nitrogens with zero attached hydrogens (tertiary/aromatic N) is 1. The fourth-order valence-corrected chi connectivity index (χ4v) is 1.85. The lowest BCUT2D eigenvalue weighted by atomic mass is 9.98. The maximum absolute atomic E-state index is 13.6. The Morgan fingerprint density at radius 3 is 2.24 bits per heavy atom. The molecule has 0 saturated heterocycles. The molecule has 0 fully saturated rings. The van der Waals surface area contributed by atoms with E-state index < -0.39 is 12.2 Å². The molecule has 0 aliphatic heterocycles. The SMILES string of the molecule is Cc1cc(C#N)c(-c2ccc(OC(F)(F)F)cc2)cc1F. The lowest BCUT2D eigenvalue weighted by Crippen LogP contribution is -2.16. The quantitative estimate of drug-likeness (QED) is 0.760. The number of rotatable bonds is 2. The van der Waals surface area contributed by atoms with E-state index in [1.807, 2.05) is 6.07 Å². The first-order valence-electron chi connectivity index (χ1n) is 5.86. The molecule has 0 bridgehead atoms. The van der Waals surface area contributed by atoms with Crippen LogP contribution in [0.15, 0.2) is 36.4 Å². The summed E-state index contributed by atoms with van der Waals surface area (Å²) < 4.78 is 53.6. The second-order valence-electron chi connectivity index (χ2n) is 4.33. The Labute approximate surface area is 118 Å². The normalized spacial score (nSPS) is 11.0. The predicted molar refractivity (Wildman–Crippen MR) is 68.0 cm³/mol. The molecule has 0 radical (unpaired) electrons. The summed E-state index contributed by atoms with van der Waals surface area (Å²) in [6.07, 6.45) is -4.77. The van der Waals surface area contributed by atoms with Crippen molar-refractivity contribution in [2.24, 2.45) is 0 Å². The molecule has 0 aliphatic carbocycles. The van der Waals surface area contributed by atoms with Crippen molar-refractivity contribution in [2.75, 3.05) is 0 Å². The topological polar surface area (TPSA) is 33.0 Å². The minimum absolute atomic E-state index is 0.249. The number of aryl methyl sites for hydroxylation is 1. The Morgan fingerprint density at radius 1 is 1.10 bits per heavy atom. The van der Waals surface area contributed by atoms with Crippen LogP contribution in [0.4, 0.5) is 17.6 Å². The van der Waals surface area contributed by atoms with Crippen LogP contribution in [0, 0.1) is 24.1 Å². The first kappa shape index (κ1) is 14.9. The van der Waals surface area contributed by atoms with E-state index >= 15 is 0 Å². The lowest BCUT2D eigenvalue weighted by molar-refractivity contribution is -0.274. The zero-order valence-electron chi connectivity index (χ0n) is 10.8. The highest BCUT2D eigenvalue weighted by Crippen LogP contribution is 2.29. The molecular formula is C15H9F4NO. The summed E-state index contributed by atoms with van der Waals surface area (Å²) in [5.74, 6) is -0.864. The minimum Gasteiger partial charge on any atom is -0.406 e. The number of hydrogen-bond acceptors (Lipinski definition) is 2. The van der Waals surface area contributed by atoms with Gasteiger partial charge in [0.2, 0.25) is 0 Å². The van der Waals surface area contributed by atoms with Crippen LogP contribution in [0.1, 0.15) is 11.1 Å². The van der Waals surface area contributed by atoms with Crippen LogP contribution < -0.4 is 4.74 Å². The number of benzene rings is 2. The highest BCUT2D eigenvalue weighted by Gasteiger charge is 2.31. The largest absolute Gasteiger partial charge is 0.573 e. The van der Waals surface area contributed by atoms with Crippen LogP contribution in [0.2, 0.25) is 0 Å². The summed E-state index contributed by atoms with van der Waals surface area (Å²) in [7, 11) is 0. The highest BCUT2D eigenvalue weighted by molar-refractivity contribution is 5.71. The van der Waals surface area contributed by atoms with Crippen LogP contribution in [-0.4, -0.2) is 6.36 Å². The molecular weight excluding hydrogens is 286 g/mol. The third kappa shape index (κ3) is 3.51. The summed E-state index contributed by atoms with van der Waals surface area (Å²) in [4.78, 5) is 0. The summed E-state index contributed by atoms with van der Waals surface area (Å²) in [5, 5.41) is 9.06. The Bertz CT molecular complexity index is 699. The average Bonchev–Trinajstić information content (AvgIpc) is 2.40. The minimum atomic E-state index is -4.77. The van der Waals surface area contributed by atoms with E-state index in [0.717, 1.165) is 12.1 Å². The first-order valence-corrected chi connectivity index (χ1v) is 5.86. The molecule has 0 N–H and O–H groups in total. The van der Waals surface area contributed by atoms with Gasteiger partial charge in [-0.3, -0.25) is 0 Å². The van der Waals surface area contributed by atoms with Crippen molar-refractivity contribution in [3.63, 3.8) is 0 Å². The van der Waals surface area contributed by atoms with Gasteiger partial charge in [-0.25, -0.2) is 4.39 Å². The van der Waals surface area contributed by atoms with Gasteiger partial charge in [-0.2, -0.15) is 5.26 Å². The van der Waals surface area contributed by atoms with Crippen molar-refractivity contribution in [1.82, 2.24) is 0 Å². The molecule has 108 valence electrons. The van der Waals surface area contributed by atoms with Gasteiger partial charge in [0.1, 0.15) is 11.6 Å². The third-order valence-corrected chi connectivity index (χ3v) is 2.82. The Hall–Kier alpha value is -2.55.